The Hall–Kier alpha value is -0.760. The molecule has 0 amide bonds. The quantitative estimate of drug-likeness (QED) is 0.771. The summed E-state index contributed by atoms with van der Waals surface area (Å²) in [6.45, 7) is 3.03. The van der Waals surface area contributed by atoms with E-state index in [4.69, 9.17) is 0 Å². The fourth-order valence-electron chi connectivity index (χ4n) is 0.837. The van der Waals surface area contributed by atoms with E-state index < -0.39 is 0 Å². The van der Waals surface area contributed by atoms with Crippen LogP contribution in [-0.4, -0.2) is 6.54 Å². The van der Waals surface area contributed by atoms with Gasteiger partial charge in [0.05, 0.1) is 0 Å². The summed E-state index contributed by atoms with van der Waals surface area (Å²) in [6.07, 6.45) is 1.08. The third-order valence-electron chi connectivity index (χ3n) is 1.42. The highest BCUT2D eigenvalue weighted by Crippen LogP contribution is 2.07. The first-order valence-electron chi connectivity index (χ1n) is 3.82. The van der Waals surface area contributed by atoms with Crippen molar-refractivity contribution in [3.63, 3.8) is 0 Å². The second-order valence-corrected chi connectivity index (χ2v) is 2.43. The first-order chi connectivity index (χ1) is 5.33. The molecule has 0 aromatic heterocycles. The van der Waals surface area contributed by atoms with Crippen molar-refractivity contribution in [1.82, 2.24) is 0 Å². The highest BCUT2D eigenvalue weighted by atomic mass is 35.5. The molecule has 0 saturated heterocycles. The second kappa shape index (κ2) is 5.84. The molecule has 1 N–H and O–H groups in total. The number of hydrogen-bond donors (Lipinski definition) is 1. The van der Waals surface area contributed by atoms with E-state index in [1.807, 2.05) is 0 Å². The van der Waals surface area contributed by atoms with E-state index in [1.54, 1.807) is 12.1 Å². The Labute approximate surface area is 78.4 Å². The molecule has 1 nitrogen and oxygen atoms in total. The second-order valence-electron chi connectivity index (χ2n) is 2.43. The molecule has 1 aromatic carbocycles. The molecule has 0 bridgehead atoms. The number of anilines is 1. The van der Waals surface area contributed by atoms with Crippen LogP contribution in [0, 0.1) is 5.82 Å². The summed E-state index contributed by atoms with van der Waals surface area (Å²) in [5, 5.41) is 3.15. The molecule has 0 spiro atoms. The van der Waals surface area contributed by atoms with E-state index >= 15 is 0 Å². The molecule has 0 heterocycles. The van der Waals surface area contributed by atoms with E-state index in [0.717, 1.165) is 18.7 Å². The predicted molar refractivity (Wildman–Crippen MR) is 52.4 cm³/mol. The van der Waals surface area contributed by atoms with E-state index in [1.165, 1.54) is 12.1 Å². The summed E-state index contributed by atoms with van der Waals surface area (Å²) in [5.74, 6) is -0.188. The molecule has 1 rings (SSSR count). The van der Waals surface area contributed by atoms with Crippen molar-refractivity contribution in [2.45, 2.75) is 13.3 Å². The van der Waals surface area contributed by atoms with Crippen molar-refractivity contribution in [2.24, 2.45) is 0 Å². The Balaban J connectivity index is 0.00000121. The van der Waals surface area contributed by atoms with Crippen LogP contribution in [0.25, 0.3) is 0 Å². The summed E-state index contributed by atoms with van der Waals surface area (Å²) in [4.78, 5) is 0. The molecular weight excluding hydrogens is 177 g/mol. The molecule has 3 heteroatoms. The van der Waals surface area contributed by atoms with Gasteiger partial charge in [0.25, 0.3) is 0 Å². The lowest BCUT2D eigenvalue weighted by molar-refractivity contribution is 0.628. The van der Waals surface area contributed by atoms with E-state index in [0.29, 0.717) is 0 Å². The zero-order chi connectivity index (χ0) is 8.10. The highest BCUT2D eigenvalue weighted by molar-refractivity contribution is 5.85. The molecule has 0 aliphatic rings. The van der Waals surface area contributed by atoms with Crippen LogP contribution in [0.3, 0.4) is 0 Å². The molecule has 0 saturated carbocycles. The molecule has 0 atom stereocenters. The van der Waals surface area contributed by atoms with Gasteiger partial charge < -0.3 is 5.32 Å². The molecule has 0 unspecified atom stereocenters. The lowest BCUT2D eigenvalue weighted by Crippen LogP contribution is -1.98. The van der Waals surface area contributed by atoms with Crippen LogP contribution in [0.15, 0.2) is 24.3 Å². The van der Waals surface area contributed by atoms with Gasteiger partial charge in [0.1, 0.15) is 5.82 Å². The monoisotopic (exact) mass is 189 g/mol. The lowest BCUT2D eigenvalue weighted by atomic mass is 10.3. The van der Waals surface area contributed by atoms with Crippen LogP contribution in [0.2, 0.25) is 0 Å². The van der Waals surface area contributed by atoms with Crippen molar-refractivity contribution in [3.8, 4) is 0 Å². The number of nitrogens with one attached hydrogen (secondary N) is 1. The van der Waals surface area contributed by atoms with Gasteiger partial charge in [-0.1, -0.05) is 6.92 Å². The van der Waals surface area contributed by atoms with Gasteiger partial charge in [-0.3, -0.25) is 0 Å². The molecule has 68 valence electrons. The topological polar surface area (TPSA) is 12.0 Å². The van der Waals surface area contributed by atoms with Gasteiger partial charge in [-0.05, 0) is 30.7 Å². The van der Waals surface area contributed by atoms with Gasteiger partial charge in [0.2, 0.25) is 0 Å². The standard InChI is InChI=1S/C9H12FN.ClH/c1-2-7-11-9-5-3-8(10)4-6-9;/h3-6,11H,2,7H2,1H3;1H. The third kappa shape index (κ3) is 3.58. The molecule has 0 fully saturated rings. The molecule has 1 aromatic rings. The number of benzene rings is 1. The van der Waals surface area contributed by atoms with Crippen LogP contribution in [0.4, 0.5) is 10.1 Å². The van der Waals surface area contributed by atoms with Gasteiger partial charge in [0.15, 0.2) is 0 Å². The van der Waals surface area contributed by atoms with Gasteiger partial charge in [-0.2, -0.15) is 0 Å². The fourth-order valence-corrected chi connectivity index (χ4v) is 0.837. The van der Waals surface area contributed by atoms with E-state index in [9.17, 15) is 4.39 Å². The number of hydrogen-bond acceptors (Lipinski definition) is 1. The predicted octanol–water partition coefficient (Wildman–Crippen LogP) is 3.07. The van der Waals surface area contributed by atoms with Crippen molar-refractivity contribution < 1.29 is 4.39 Å². The van der Waals surface area contributed by atoms with Crippen LogP contribution in [0.5, 0.6) is 0 Å². The van der Waals surface area contributed by atoms with Gasteiger partial charge >= 0.3 is 0 Å². The Kier molecular flexibility index (Phi) is 5.47. The molecular formula is C9H13ClFN. The van der Waals surface area contributed by atoms with Crippen molar-refractivity contribution in [3.05, 3.63) is 30.1 Å². The van der Waals surface area contributed by atoms with Gasteiger partial charge in [-0.25, -0.2) is 4.39 Å². The molecule has 0 aliphatic heterocycles. The van der Waals surface area contributed by atoms with Crippen LogP contribution in [-0.2, 0) is 0 Å². The summed E-state index contributed by atoms with van der Waals surface area (Å²) in [6, 6.07) is 6.39. The smallest absolute Gasteiger partial charge is 0.123 e. The maximum atomic E-state index is 12.4. The Morgan fingerprint density at radius 2 is 1.83 bits per heavy atom. The van der Waals surface area contributed by atoms with Crippen LogP contribution < -0.4 is 5.32 Å². The van der Waals surface area contributed by atoms with Crippen molar-refractivity contribution >= 4 is 18.1 Å². The molecule has 0 radical (unpaired) electrons. The lowest BCUT2D eigenvalue weighted by Gasteiger charge is -2.02. The SMILES string of the molecule is CCCNc1ccc(F)cc1.Cl. The summed E-state index contributed by atoms with van der Waals surface area (Å²) >= 11 is 0. The molecule has 0 aliphatic carbocycles. The zero-order valence-electron chi connectivity index (χ0n) is 7.01. The van der Waals surface area contributed by atoms with E-state index in [2.05, 4.69) is 12.2 Å². The largest absolute Gasteiger partial charge is 0.385 e. The van der Waals surface area contributed by atoms with Crippen LogP contribution >= 0.6 is 12.4 Å². The maximum absolute atomic E-state index is 12.4. The summed E-state index contributed by atoms with van der Waals surface area (Å²) in [5.41, 5.74) is 0.980. The Morgan fingerprint density at radius 3 is 2.33 bits per heavy atom. The van der Waals surface area contributed by atoms with Gasteiger partial charge in [0, 0.05) is 12.2 Å². The minimum Gasteiger partial charge on any atom is -0.385 e. The number of halogens is 2. The average Bonchev–Trinajstić information content (AvgIpc) is 2.04. The Morgan fingerprint density at radius 1 is 1.25 bits per heavy atom. The minimum atomic E-state index is -0.188. The van der Waals surface area contributed by atoms with Crippen LogP contribution in [0.1, 0.15) is 13.3 Å². The van der Waals surface area contributed by atoms with Gasteiger partial charge in [-0.15, -0.1) is 12.4 Å². The maximum Gasteiger partial charge on any atom is 0.123 e. The first-order valence-corrected chi connectivity index (χ1v) is 3.82. The normalized spacial score (nSPS) is 8.83. The highest BCUT2D eigenvalue weighted by Gasteiger charge is 1.89. The Bertz CT molecular complexity index is 210. The third-order valence-corrected chi connectivity index (χ3v) is 1.42. The van der Waals surface area contributed by atoms with E-state index in [-0.39, 0.29) is 18.2 Å². The minimum absolute atomic E-state index is 0. The number of rotatable bonds is 3. The average molecular weight is 190 g/mol. The fraction of sp³-hybridized carbons (Fsp3) is 0.333. The molecule has 12 heavy (non-hydrogen) atoms. The zero-order valence-corrected chi connectivity index (χ0v) is 7.83. The summed E-state index contributed by atoms with van der Waals surface area (Å²) in [7, 11) is 0. The summed E-state index contributed by atoms with van der Waals surface area (Å²) < 4.78 is 12.4. The van der Waals surface area contributed by atoms with Crippen molar-refractivity contribution in [1.29, 1.82) is 0 Å². The van der Waals surface area contributed by atoms with Crippen molar-refractivity contribution in [2.75, 3.05) is 11.9 Å². The first kappa shape index (κ1) is 11.2.